The Morgan fingerprint density at radius 1 is 0.821 bits per heavy atom. The Labute approximate surface area is 164 Å². The van der Waals surface area contributed by atoms with E-state index in [1.165, 1.54) is 0 Å². The molecule has 0 spiro atoms. The van der Waals surface area contributed by atoms with Gasteiger partial charge in [-0.1, -0.05) is 43.3 Å². The smallest absolute Gasteiger partial charge is 0.255 e. The van der Waals surface area contributed by atoms with Gasteiger partial charge in [-0.3, -0.25) is 9.59 Å². The quantitative estimate of drug-likeness (QED) is 0.620. The number of hydrogen-bond donors (Lipinski definition) is 2. The summed E-state index contributed by atoms with van der Waals surface area (Å²) in [5.74, 6) is 0.396. The summed E-state index contributed by atoms with van der Waals surface area (Å²) >= 11 is 0. The van der Waals surface area contributed by atoms with Gasteiger partial charge < -0.3 is 15.4 Å². The molecule has 3 aromatic carbocycles. The maximum atomic E-state index is 12.5. The van der Waals surface area contributed by atoms with Crippen molar-refractivity contribution in [1.29, 1.82) is 0 Å². The van der Waals surface area contributed by atoms with Gasteiger partial charge in [0, 0.05) is 23.4 Å². The van der Waals surface area contributed by atoms with E-state index in [1.54, 1.807) is 55.5 Å². The zero-order valence-corrected chi connectivity index (χ0v) is 15.6. The summed E-state index contributed by atoms with van der Waals surface area (Å²) in [6.07, 6.45) is 0.398. The van der Waals surface area contributed by atoms with Gasteiger partial charge >= 0.3 is 0 Å². The first-order valence-corrected chi connectivity index (χ1v) is 9.12. The van der Waals surface area contributed by atoms with E-state index in [1.807, 2.05) is 30.3 Å². The number of benzene rings is 3. The molecule has 0 fully saturated rings. The Bertz CT molecular complexity index is 938. The Morgan fingerprint density at radius 3 is 2.18 bits per heavy atom. The molecule has 0 heterocycles. The average Bonchev–Trinajstić information content (AvgIpc) is 2.73. The molecule has 2 N–H and O–H groups in total. The molecule has 3 aromatic rings. The van der Waals surface area contributed by atoms with Gasteiger partial charge in [-0.25, -0.2) is 0 Å². The molecule has 5 nitrogen and oxygen atoms in total. The van der Waals surface area contributed by atoms with Crippen molar-refractivity contribution in [2.24, 2.45) is 0 Å². The molecule has 0 saturated carbocycles. The molecule has 5 heteroatoms. The maximum Gasteiger partial charge on any atom is 0.255 e. The Morgan fingerprint density at radius 2 is 1.50 bits per heavy atom. The van der Waals surface area contributed by atoms with Crippen LogP contribution in [0.15, 0.2) is 78.9 Å². The minimum Gasteiger partial charge on any atom is -0.489 e. The molecule has 0 atom stereocenters. The number of hydrogen-bond acceptors (Lipinski definition) is 3. The lowest BCUT2D eigenvalue weighted by atomic mass is 10.2. The molecule has 0 unspecified atom stereocenters. The molecule has 0 aromatic heterocycles. The SMILES string of the molecule is CCC(=O)Nc1cccc(NC(=O)c2ccc(OCc3ccccc3)cc2)c1. The number of anilines is 2. The van der Waals surface area contributed by atoms with Crippen LogP contribution in [-0.4, -0.2) is 11.8 Å². The van der Waals surface area contributed by atoms with Crippen LogP contribution >= 0.6 is 0 Å². The van der Waals surface area contributed by atoms with Crippen molar-refractivity contribution >= 4 is 23.2 Å². The first-order chi connectivity index (χ1) is 13.6. The summed E-state index contributed by atoms with van der Waals surface area (Å²) in [7, 11) is 0. The molecular weight excluding hydrogens is 352 g/mol. The zero-order chi connectivity index (χ0) is 19.8. The summed E-state index contributed by atoms with van der Waals surface area (Å²) in [6.45, 7) is 2.26. The highest BCUT2D eigenvalue weighted by Gasteiger charge is 2.08. The van der Waals surface area contributed by atoms with E-state index >= 15 is 0 Å². The van der Waals surface area contributed by atoms with Gasteiger partial charge in [-0.2, -0.15) is 0 Å². The number of carbonyl (C=O) groups is 2. The third-order valence-electron chi connectivity index (χ3n) is 4.09. The second-order valence-corrected chi connectivity index (χ2v) is 6.24. The van der Waals surface area contributed by atoms with Gasteiger partial charge in [-0.05, 0) is 48.0 Å². The molecule has 2 amide bonds. The normalized spacial score (nSPS) is 10.2. The number of rotatable bonds is 7. The van der Waals surface area contributed by atoms with E-state index in [0.29, 0.717) is 35.7 Å². The van der Waals surface area contributed by atoms with Crippen LogP contribution in [0, 0.1) is 0 Å². The van der Waals surface area contributed by atoms with Crippen molar-refractivity contribution in [3.8, 4) is 5.75 Å². The average molecular weight is 374 g/mol. The lowest BCUT2D eigenvalue weighted by Gasteiger charge is -2.09. The van der Waals surface area contributed by atoms with Crippen LogP contribution in [0.1, 0.15) is 29.3 Å². The molecular formula is C23H22N2O3. The third-order valence-corrected chi connectivity index (χ3v) is 4.09. The fraction of sp³-hybridized carbons (Fsp3) is 0.130. The Kier molecular flexibility index (Phi) is 6.41. The number of carbonyl (C=O) groups excluding carboxylic acids is 2. The molecule has 0 radical (unpaired) electrons. The molecule has 3 rings (SSSR count). The van der Waals surface area contributed by atoms with Crippen molar-refractivity contribution < 1.29 is 14.3 Å². The molecule has 0 aliphatic carbocycles. The standard InChI is InChI=1S/C23H22N2O3/c1-2-22(26)24-19-9-6-10-20(15-19)25-23(27)18-11-13-21(14-12-18)28-16-17-7-4-3-5-8-17/h3-15H,2,16H2,1H3,(H,24,26)(H,25,27). The monoisotopic (exact) mass is 374 g/mol. The van der Waals surface area contributed by atoms with Crippen LogP contribution in [0.2, 0.25) is 0 Å². The van der Waals surface area contributed by atoms with Crippen molar-refractivity contribution in [3.05, 3.63) is 90.0 Å². The van der Waals surface area contributed by atoms with E-state index in [0.717, 1.165) is 5.56 Å². The summed E-state index contributed by atoms with van der Waals surface area (Å²) < 4.78 is 5.74. The zero-order valence-electron chi connectivity index (χ0n) is 15.6. The summed E-state index contributed by atoms with van der Waals surface area (Å²) in [6, 6.07) is 23.9. The van der Waals surface area contributed by atoms with Crippen LogP contribution in [0.25, 0.3) is 0 Å². The van der Waals surface area contributed by atoms with Crippen LogP contribution in [0.3, 0.4) is 0 Å². The lowest BCUT2D eigenvalue weighted by Crippen LogP contribution is -2.13. The minimum absolute atomic E-state index is 0.0745. The minimum atomic E-state index is -0.228. The fourth-order valence-corrected chi connectivity index (χ4v) is 2.57. The van der Waals surface area contributed by atoms with E-state index in [4.69, 9.17) is 4.74 Å². The van der Waals surface area contributed by atoms with Crippen LogP contribution in [-0.2, 0) is 11.4 Å². The van der Waals surface area contributed by atoms with Crippen LogP contribution in [0.4, 0.5) is 11.4 Å². The van der Waals surface area contributed by atoms with Gasteiger partial charge in [0.15, 0.2) is 0 Å². The summed E-state index contributed by atoms with van der Waals surface area (Å²) in [5, 5.41) is 5.61. The van der Waals surface area contributed by atoms with E-state index < -0.39 is 0 Å². The second-order valence-electron chi connectivity index (χ2n) is 6.24. The van der Waals surface area contributed by atoms with E-state index in [2.05, 4.69) is 10.6 Å². The number of nitrogens with one attached hydrogen (secondary N) is 2. The first kappa shape index (κ1) is 19.2. The topological polar surface area (TPSA) is 67.4 Å². The van der Waals surface area contributed by atoms with Gasteiger partial charge in [0.1, 0.15) is 12.4 Å². The van der Waals surface area contributed by atoms with Crippen molar-refractivity contribution in [1.82, 2.24) is 0 Å². The van der Waals surface area contributed by atoms with Crippen molar-refractivity contribution in [2.45, 2.75) is 20.0 Å². The second kappa shape index (κ2) is 9.37. The van der Waals surface area contributed by atoms with E-state index in [9.17, 15) is 9.59 Å². The Hall–Kier alpha value is -3.60. The summed E-state index contributed by atoms with van der Waals surface area (Å²) in [4.78, 5) is 24.0. The van der Waals surface area contributed by atoms with Crippen molar-refractivity contribution in [2.75, 3.05) is 10.6 Å². The first-order valence-electron chi connectivity index (χ1n) is 9.12. The van der Waals surface area contributed by atoms with Crippen LogP contribution in [0.5, 0.6) is 5.75 Å². The summed E-state index contributed by atoms with van der Waals surface area (Å²) in [5.41, 5.74) is 2.87. The highest BCUT2D eigenvalue weighted by atomic mass is 16.5. The number of ether oxygens (including phenoxy) is 1. The Balaban J connectivity index is 1.58. The predicted molar refractivity (Wildman–Crippen MR) is 111 cm³/mol. The van der Waals surface area contributed by atoms with Gasteiger partial charge in [-0.15, -0.1) is 0 Å². The van der Waals surface area contributed by atoms with E-state index in [-0.39, 0.29) is 11.8 Å². The van der Waals surface area contributed by atoms with Gasteiger partial charge in [0.25, 0.3) is 5.91 Å². The van der Waals surface area contributed by atoms with Crippen LogP contribution < -0.4 is 15.4 Å². The molecule has 0 saturated heterocycles. The van der Waals surface area contributed by atoms with Gasteiger partial charge in [0.2, 0.25) is 5.91 Å². The van der Waals surface area contributed by atoms with Gasteiger partial charge in [0.05, 0.1) is 0 Å². The molecule has 0 aliphatic heterocycles. The number of amides is 2. The molecule has 28 heavy (non-hydrogen) atoms. The maximum absolute atomic E-state index is 12.5. The molecule has 142 valence electrons. The van der Waals surface area contributed by atoms with Crippen molar-refractivity contribution in [3.63, 3.8) is 0 Å². The third kappa shape index (κ3) is 5.45. The lowest BCUT2D eigenvalue weighted by molar-refractivity contribution is -0.115. The highest BCUT2D eigenvalue weighted by molar-refractivity contribution is 6.04. The predicted octanol–water partition coefficient (Wildman–Crippen LogP) is 4.87. The highest BCUT2D eigenvalue weighted by Crippen LogP contribution is 2.18. The molecule has 0 aliphatic rings. The largest absolute Gasteiger partial charge is 0.489 e. The molecule has 0 bridgehead atoms. The fourth-order valence-electron chi connectivity index (χ4n) is 2.57.